The van der Waals surface area contributed by atoms with Crippen LogP contribution in [0.15, 0.2) is 30.3 Å². The standard InChI is InChI=1S/C11H16ClN3O.C7H6F2.C4H11N.CH4O/c1-3-4-5-15(2)10-7-8(11(13)16)6-9(12)14-10;1-5-2-6(8)4-7(9)3-5;1-3-4-5-2;1-2/h6-7H,3-5H2,1-2H3,(H2,13,16);2-4H,1H3;5H,3-4H2,1-2H3;2H,1H3. The van der Waals surface area contributed by atoms with Gasteiger partial charge in [0.2, 0.25) is 5.91 Å². The molecule has 4 N–H and O–H groups in total. The number of hydrogen-bond acceptors (Lipinski definition) is 5. The molecule has 0 saturated carbocycles. The molecule has 0 aliphatic carbocycles. The summed E-state index contributed by atoms with van der Waals surface area (Å²) < 4.78 is 24.4. The lowest BCUT2D eigenvalue weighted by molar-refractivity contribution is 0.1000. The van der Waals surface area contributed by atoms with E-state index in [0.29, 0.717) is 16.9 Å². The number of unbranched alkanes of at least 4 members (excludes halogenated alkanes) is 1. The van der Waals surface area contributed by atoms with Crippen molar-refractivity contribution in [2.75, 3.05) is 39.2 Å². The van der Waals surface area contributed by atoms with E-state index >= 15 is 0 Å². The van der Waals surface area contributed by atoms with Crippen LogP contribution in [0.4, 0.5) is 14.6 Å². The van der Waals surface area contributed by atoms with Gasteiger partial charge in [-0.3, -0.25) is 4.79 Å². The van der Waals surface area contributed by atoms with E-state index < -0.39 is 17.5 Å². The van der Waals surface area contributed by atoms with Gasteiger partial charge in [0.1, 0.15) is 22.6 Å². The van der Waals surface area contributed by atoms with Crippen LogP contribution in [0.2, 0.25) is 5.15 Å². The number of amides is 1. The molecule has 0 atom stereocenters. The van der Waals surface area contributed by atoms with E-state index in [2.05, 4.69) is 24.1 Å². The molecule has 6 nitrogen and oxygen atoms in total. The molecule has 2 rings (SSSR count). The number of nitrogens with one attached hydrogen (secondary N) is 1. The summed E-state index contributed by atoms with van der Waals surface area (Å²) >= 11 is 5.83. The Balaban J connectivity index is 0. The van der Waals surface area contributed by atoms with Gasteiger partial charge in [-0.2, -0.15) is 0 Å². The maximum absolute atomic E-state index is 12.2. The van der Waals surface area contributed by atoms with E-state index in [0.717, 1.165) is 39.1 Å². The van der Waals surface area contributed by atoms with Crippen molar-refractivity contribution in [1.82, 2.24) is 10.3 Å². The highest BCUT2D eigenvalue weighted by Crippen LogP contribution is 2.17. The first kappa shape index (κ1) is 31.9. The van der Waals surface area contributed by atoms with Crippen LogP contribution >= 0.6 is 11.6 Å². The van der Waals surface area contributed by atoms with Crippen LogP contribution in [-0.4, -0.2) is 50.3 Å². The average Bonchev–Trinajstić information content (AvgIpc) is 2.73. The normalized spacial score (nSPS) is 9.31. The van der Waals surface area contributed by atoms with Gasteiger partial charge in [-0.05, 0) is 63.2 Å². The molecule has 32 heavy (non-hydrogen) atoms. The molecule has 1 aromatic heterocycles. The Labute approximate surface area is 195 Å². The lowest BCUT2D eigenvalue weighted by Crippen LogP contribution is -2.21. The third-order valence-corrected chi connectivity index (χ3v) is 4.00. The zero-order valence-electron chi connectivity index (χ0n) is 19.9. The minimum Gasteiger partial charge on any atom is -0.400 e. The summed E-state index contributed by atoms with van der Waals surface area (Å²) in [4.78, 5) is 17.2. The third-order valence-electron chi connectivity index (χ3n) is 3.81. The van der Waals surface area contributed by atoms with E-state index in [9.17, 15) is 13.6 Å². The molecule has 0 aliphatic heterocycles. The van der Waals surface area contributed by atoms with Crippen LogP contribution in [0.3, 0.4) is 0 Å². The monoisotopic (exact) mass is 474 g/mol. The molecule has 0 radical (unpaired) electrons. The van der Waals surface area contributed by atoms with Gasteiger partial charge in [0.05, 0.1) is 0 Å². The van der Waals surface area contributed by atoms with Crippen molar-refractivity contribution < 1.29 is 18.7 Å². The largest absolute Gasteiger partial charge is 0.400 e. The third kappa shape index (κ3) is 15.5. The molecule has 0 spiro atoms. The Kier molecular flexibility index (Phi) is 19.3. The fraction of sp³-hybridized carbons (Fsp3) is 0.478. The summed E-state index contributed by atoms with van der Waals surface area (Å²) in [5.74, 6) is -0.857. The number of nitrogens with two attached hydrogens (primary N) is 1. The SMILES string of the molecule is CCCCN(C)c1cc(C(N)=O)cc(Cl)n1.CCCNC.CO.Cc1cc(F)cc(F)c1. The molecule has 1 amide bonds. The summed E-state index contributed by atoms with van der Waals surface area (Å²) in [6, 6.07) is 6.55. The van der Waals surface area contributed by atoms with Crippen molar-refractivity contribution >= 4 is 23.3 Å². The summed E-state index contributed by atoms with van der Waals surface area (Å²) in [7, 11) is 4.88. The minimum absolute atomic E-state index is 0.287. The summed E-state index contributed by atoms with van der Waals surface area (Å²) in [6.07, 6.45) is 3.40. The summed E-state index contributed by atoms with van der Waals surface area (Å²) in [5.41, 5.74) is 6.20. The number of pyridine rings is 1. The molecule has 0 aliphatic rings. The molecule has 1 aromatic carbocycles. The average molecular weight is 475 g/mol. The smallest absolute Gasteiger partial charge is 0.248 e. The summed E-state index contributed by atoms with van der Waals surface area (Å²) in [6.45, 7) is 7.93. The predicted molar refractivity (Wildman–Crippen MR) is 129 cm³/mol. The van der Waals surface area contributed by atoms with Crippen LogP contribution < -0.4 is 16.0 Å². The fourth-order valence-corrected chi connectivity index (χ4v) is 2.48. The first-order valence-electron chi connectivity index (χ1n) is 10.3. The van der Waals surface area contributed by atoms with Gasteiger partial charge < -0.3 is 21.1 Å². The molecule has 0 unspecified atom stereocenters. The van der Waals surface area contributed by atoms with Crippen LogP contribution in [-0.2, 0) is 0 Å². The number of aliphatic hydroxyl groups excluding tert-OH is 1. The van der Waals surface area contributed by atoms with E-state index in [4.69, 9.17) is 22.4 Å². The number of aryl methyl sites for hydroxylation is 1. The molecule has 9 heteroatoms. The molecular weight excluding hydrogens is 438 g/mol. The van der Waals surface area contributed by atoms with Crippen molar-refractivity contribution in [3.8, 4) is 0 Å². The maximum atomic E-state index is 12.2. The van der Waals surface area contributed by atoms with Crippen LogP contribution in [0.25, 0.3) is 0 Å². The number of halogens is 3. The number of nitrogens with zero attached hydrogens (tertiary/aromatic N) is 2. The number of aromatic nitrogens is 1. The second kappa shape index (κ2) is 19.4. The van der Waals surface area contributed by atoms with Crippen molar-refractivity contribution in [3.05, 3.63) is 58.2 Å². The van der Waals surface area contributed by atoms with Crippen molar-refractivity contribution in [2.24, 2.45) is 5.73 Å². The highest BCUT2D eigenvalue weighted by molar-refractivity contribution is 6.29. The molecule has 0 bridgehead atoms. The first-order valence-corrected chi connectivity index (χ1v) is 10.7. The summed E-state index contributed by atoms with van der Waals surface area (Å²) in [5, 5.41) is 10.3. The van der Waals surface area contributed by atoms with Gasteiger partial charge in [-0.25, -0.2) is 13.8 Å². The van der Waals surface area contributed by atoms with E-state index in [1.54, 1.807) is 13.0 Å². The lowest BCUT2D eigenvalue weighted by Gasteiger charge is -2.18. The molecule has 0 saturated heterocycles. The van der Waals surface area contributed by atoms with Crippen molar-refractivity contribution in [1.29, 1.82) is 0 Å². The number of primary amides is 1. The second-order valence-electron chi connectivity index (χ2n) is 6.73. The Bertz CT molecular complexity index is 727. The van der Waals surface area contributed by atoms with Gasteiger partial charge in [0.25, 0.3) is 0 Å². The Hall–Kier alpha value is -2.29. The van der Waals surface area contributed by atoms with Gasteiger partial charge in [0.15, 0.2) is 0 Å². The predicted octanol–water partition coefficient (Wildman–Crippen LogP) is 4.57. The number of rotatable bonds is 7. The topological polar surface area (TPSA) is 91.5 Å². The molecular formula is C23H37ClF2N4O2. The highest BCUT2D eigenvalue weighted by Gasteiger charge is 2.08. The van der Waals surface area contributed by atoms with Crippen LogP contribution in [0.1, 0.15) is 49.0 Å². The Morgan fingerprint density at radius 3 is 2.06 bits per heavy atom. The highest BCUT2D eigenvalue weighted by atomic mass is 35.5. The Morgan fingerprint density at radius 2 is 1.69 bits per heavy atom. The molecule has 1 heterocycles. The molecule has 2 aromatic rings. The number of carbonyl (C=O) groups excluding carboxylic acids is 1. The van der Waals surface area contributed by atoms with Gasteiger partial charge in [-0.15, -0.1) is 0 Å². The molecule has 182 valence electrons. The fourth-order valence-electron chi connectivity index (χ4n) is 2.27. The van der Waals surface area contributed by atoms with E-state index in [1.165, 1.54) is 24.6 Å². The van der Waals surface area contributed by atoms with Crippen LogP contribution in [0, 0.1) is 18.6 Å². The van der Waals surface area contributed by atoms with E-state index in [-0.39, 0.29) is 5.15 Å². The lowest BCUT2D eigenvalue weighted by atomic mass is 10.2. The van der Waals surface area contributed by atoms with Crippen LogP contribution in [0.5, 0.6) is 0 Å². The molecule has 0 fully saturated rings. The van der Waals surface area contributed by atoms with Crippen molar-refractivity contribution in [3.63, 3.8) is 0 Å². The maximum Gasteiger partial charge on any atom is 0.248 e. The van der Waals surface area contributed by atoms with Gasteiger partial charge in [-0.1, -0.05) is 31.9 Å². The first-order chi connectivity index (χ1) is 15.1. The van der Waals surface area contributed by atoms with Crippen molar-refractivity contribution in [2.45, 2.75) is 40.0 Å². The minimum atomic E-state index is -0.521. The number of hydrogen-bond donors (Lipinski definition) is 3. The number of carbonyl (C=O) groups is 1. The van der Waals surface area contributed by atoms with E-state index in [1.807, 2.05) is 19.0 Å². The number of benzene rings is 1. The zero-order valence-corrected chi connectivity index (χ0v) is 20.6. The zero-order chi connectivity index (χ0) is 25.1. The van der Waals surface area contributed by atoms with Gasteiger partial charge >= 0.3 is 0 Å². The number of aliphatic hydroxyl groups is 1. The number of anilines is 1. The van der Waals surface area contributed by atoms with Gasteiger partial charge in [0, 0.05) is 32.3 Å². The Morgan fingerprint density at radius 1 is 1.12 bits per heavy atom. The quantitative estimate of drug-likeness (QED) is 0.511. The second-order valence-corrected chi connectivity index (χ2v) is 7.11.